The Morgan fingerprint density at radius 2 is 1.89 bits per heavy atom. The van der Waals surface area contributed by atoms with E-state index >= 15 is 0 Å². The van der Waals surface area contributed by atoms with Gasteiger partial charge in [-0.3, -0.25) is 0 Å². The van der Waals surface area contributed by atoms with Crippen LogP contribution in [0.25, 0.3) is 17.1 Å². The largest absolute Gasteiger partial charge is 0.488 e. The fraction of sp³-hybridized carbons (Fsp3) is 0.417. The number of para-hydroxylation sites is 1. The molecule has 0 spiro atoms. The minimum absolute atomic E-state index is 0.00861. The lowest BCUT2D eigenvalue weighted by atomic mass is 9.94. The minimum atomic E-state index is -1.10. The number of benzene rings is 2. The van der Waals surface area contributed by atoms with E-state index in [0.29, 0.717) is 30.8 Å². The Labute approximate surface area is 264 Å². The zero-order valence-electron chi connectivity index (χ0n) is 26.4. The van der Waals surface area contributed by atoms with Gasteiger partial charge in [-0.15, -0.1) is 0 Å². The molecule has 2 aromatic heterocycles. The molecule has 0 bridgehead atoms. The Morgan fingerprint density at radius 3 is 2.69 bits per heavy atom. The Bertz CT molecular complexity index is 1660. The molecule has 4 aromatic rings. The third-order valence-corrected chi connectivity index (χ3v) is 8.97. The lowest BCUT2D eigenvalue weighted by molar-refractivity contribution is -0.00497. The first-order chi connectivity index (χ1) is 21.9. The molecule has 0 amide bonds. The summed E-state index contributed by atoms with van der Waals surface area (Å²) in [4.78, 5) is 19.2. The van der Waals surface area contributed by atoms with Gasteiger partial charge in [0.15, 0.2) is 5.82 Å². The summed E-state index contributed by atoms with van der Waals surface area (Å²) >= 11 is 0. The van der Waals surface area contributed by atoms with Gasteiger partial charge in [0.25, 0.3) is 0 Å². The van der Waals surface area contributed by atoms with Crippen LogP contribution >= 0.6 is 0 Å². The maximum atomic E-state index is 11.7. The van der Waals surface area contributed by atoms with Crippen molar-refractivity contribution in [3.8, 4) is 28.7 Å². The molecule has 2 aromatic carbocycles. The molecule has 0 aliphatic carbocycles. The number of hydrogen-bond donors (Lipinski definition) is 1. The number of fused-ring (bicyclic) bond motifs is 1. The van der Waals surface area contributed by atoms with E-state index in [1.54, 1.807) is 13.0 Å². The van der Waals surface area contributed by atoms with Crippen molar-refractivity contribution >= 4 is 5.97 Å². The monoisotopic (exact) mass is 610 g/mol. The van der Waals surface area contributed by atoms with Crippen LogP contribution in [-0.2, 0) is 24.2 Å². The highest BCUT2D eigenvalue weighted by molar-refractivity contribution is 5.90. The molecule has 0 radical (unpaired) electrons. The van der Waals surface area contributed by atoms with Crippen molar-refractivity contribution in [1.82, 2.24) is 19.7 Å². The Morgan fingerprint density at radius 1 is 1.04 bits per heavy atom. The van der Waals surface area contributed by atoms with Gasteiger partial charge < -0.3 is 24.2 Å². The predicted octanol–water partition coefficient (Wildman–Crippen LogP) is 6.20. The number of aromatic nitrogens is 3. The van der Waals surface area contributed by atoms with Crippen molar-refractivity contribution in [2.45, 2.75) is 65.6 Å². The molecule has 1 fully saturated rings. The van der Waals surface area contributed by atoms with Crippen LogP contribution in [0.4, 0.5) is 0 Å². The summed E-state index contributed by atoms with van der Waals surface area (Å²) < 4.78 is 19.7. The van der Waals surface area contributed by atoms with Gasteiger partial charge >= 0.3 is 5.97 Å². The van der Waals surface area contributed by atoms with Crippen molar-refractivity contribution < 1.29 is 24.1 Å². The number of carboxylic acid groups (broad SMARTS) is 1. The predicted molar refractivity (Wildman–Crippen MR) is 173 cm³/mol. The van der Waals surface area contributed by atoms with Gasteiger partial charge in [0, 0.05) is 31.8 Å². The average molecular weight is 611 g/mol. The van der Waals surface area contributed by atoms with Crippen LogP contribution < -0.4 is 9.47 Å². The van der Waals surface area contributed by atoms with Crippen molar-refractivity contribution in [2.75, 3.05) is 32.8 Å². The highest BCUT2D eigenvalue weighted by Gasteiger charge is 2.23. The zero-order valence-corrected chi connectivity index (χ0v) is 26.4. The highest BCUT2D eigenvalue weighted by atomic mass is 16.5. The summed E-state index contributed by atoms with van der Waals surface area (Å²) in [5.41, 5.74) is 7.95. The van der Waals surface area contributed by atoms with E-state index in [2.05, 4.69) is 29.1 Å². The third kappa shape index (κ3) is 6.74. The van der Waals surface area contributed by atoms with Gasteiger partial charge in [-0.1, -0.05) is 30.3 Å². The zero-order chi connectivity index (χ0) is 31.3. The number of carbonyl (C=O) groups is 1. The quantitative estimate of drug-likeness (QED) is 0.227. The summed E-state index contributed by atoms with van der Waals surface area (Å²) in [6.07, 6.45) is 7.39. The van der Waals surface area contributed by atoms with Crippen molar-refractivity contribution in [2.24, 2.45) is 0 Å². The first-order valence-corrected chi connectivity index (χ1v) is 16.0. The smallest absolute Gasteiger partial charge is 0.342 e. The molecule has 9 heteroatoms. The highest BCUT2D eigenvalue weighted by Crippen LogP contribution is 2.34. The van der Waals surface area contributed by atoms with E-state index in [9.17, 15) is 9.90 Å². The third-order valence-electron chi connectivity index (χ3n) is 8.97. The Balaban J connectivity index is 1.21. The van der Waals surface area contributed by atoms with Crippen LogP contribution in [0.15, 0.2) is 54.7 Å². The number of carboxylic acids is 1. The number of aromatic carboxylic acids is 1. The molecule has 0 saturated carbocycles. The van der Waals surface area contributed by atoms with Gasteiger partial charge in [-0.25, -0.2) is 9.78 Å². The Kier molecular flexibility index (Phi) is 9.47. The summed E-state index contributed by atoms with van der Waals surface area (Å²) in [6.45, 7) is 10.9. The van der Waals surface area contributed by atoms with Gasteiger partial charge in [-0.05, 0) is 98.9 Å². The molecular weight excluding hydrogens is 568 g/mol. The first kappa shape index (κ1) is 30.8. The molecule has 2 aliphatic rings. The topological polar surface area (TPSA) is 98.9 Å². The SMILES string of the molecule is CCOc1c(C(=O)O)cnn1-c1cccc(-c2cccc(C)c2OCc2ccc3c(c2C)CCN(C[C@H]2CCCCO2)CC3)n1. The fourth-order valence-corrected chi connectivity index (χ4v) is 6.49. The second-order valence-electron chi connectivity index (χ2n) is 11.9. The van der Waals surface area contributed by atoms with E-state index in [0.717, 1.165) is 56.0 Å². The molecule has 4 heterocycles. The van der Waals surface area contributed by atoms with Gasteiger partial charge in [0.2, 0.25) is 5.88 Å². The van der Waals surface area contributed by atoms with E-state index in [1.165, 1.54) is 52.4 Å². The van der Waals surface area contributed by atoms with E-state index in [-0.39, 0.29) is 11.4 Å². The van der Waals surface area contributed by atoms with Crippen molar-refractivity contribution in [1.29, 1.82) is 0 Å². The van der Waals surface area contributed by atoms with Crippen LogP contribution in [0.1, 0.15) is 64.4 Å². The van der Waals surface area contributed by atoms with Crippen LogP contribution in [0.2, 0.25) is 0 Å². The van der Waals surface area contributed by atoms with Crippen LogP contribution in [0, 0.1) is 13.8 Å². The van der Waals surface area contributed by atoms with Gasteiger partial charge in [0.1, 0.15) is 17.9 Å². The van der Waals surface area contributed by atoms with Crippen molar-refractivity contribution in [3.63, 3.8) is 0 Å². The normalized spacial score (nSPS) is 17.0. The number of ether oxygens (including phenoxy) is 3. The summed E-state index contributed by atoms with van der Waals surface area (Å²) in [5, 5.41) is 13.9. The fourth-order valence-electron chi connectivity index (χ4n) is 6.49. The summed E-state index contributed by atoms with van der Waals surface area (Å²) in [5.74, 6) is 0.280. The lowest BCUT2D eigenvalue weighted by Gasteiger charge is -2.29. The standard InChI is InChI=1S/C36H42N4O5/c1-4-43-35-31(36(41)42)21-37-40(35)33-13-8-12-32(38-33)30-11-7-9-24(2)34(30)45-23-27-15-14-26-16-18-39(19-17-29(26)25(27)3)22-28-10-5-6-20-44-28/h7-9,11-15,21,28H,4-6,10,16-20,22-23H2,1-3H3,(H,41,42)/t28-/m1/s1. The Hall–Kier alpha value is -4.21. The number of pyridine rings is 1. The van der Waals surface area contributed by atoms with E-state index in [1.807, 2.05) is 37.3 Å². The average Bonchev–Trinajstić information content (AvgIpc) is 3.36. The molecule has 2 aliphatic heterocycles. The van der Waals surface area contributed by atoms with Crippen molar-refractivity contribution in [3.05, 3.63) is 88.1 Å². The van der Waals surface area contributed by atoms with E-state index in [4.69, 9.17) is 19.2 Å². The molecule has 45 heavy (non-hydrogen) atoms. The maximum Gasteiger partial charge on any atom is 0.342 e. The lowest BCUT2D eigenvalue weighted by Crippen LogP contribution is -2.37. The number of rotatable bonds is 10. The molecule has 0 unspecified atom stereocenters. The molecular formula is C36H42N4O5. The molecule has 9 nitrogen and oxygen atoms in total. The van der Waals surface area contributed by atoms with Crippen LogP contribution in [-0.4, -0.2) is 69.7 Å². The van der Waals surface area contributed by atoms with E-state index < -0.39 is 5.97 Å². The second kappa shape index (κ2) is 13.8. The first-order valence-electron chi connectivity index (χ1n) is 16.0. The molecule has 236 valence electrons. The maximum absolute atomic E-state index is 11.7. The van der Waals surface area contributed by atoms with Gasteiger partial charge in [-0.2, -0.15) is 9.78 Å². The minimum Gasteiger partial charge on any atom is -0.488 e. The molecule has 1 atom stereocenters. The summed E-state index contributed by atoms with van der Waals surface area (Å²) in [6, 6.07) is 16.1. The van der Waals surface area contributed by atoms with Crippen LogP contribution in [0.3, 0.4) is 0 Å². The van der Waals surface area contributed by atoms with Crippen LogP contribution in [0.5, 0.6) is 11.6 Å². The summed E-state index contributed by atoms with van der Waals surface area (Å²) in [7, 11) is 0. The number of aryl methyl sites for hydroxylation is 1. The molecule has 1 saturated heterocycles. The number of nitrogens with zero attached hydrogens (tertiary/aromatic N) is 4. The van der Waals surface area contributed by atoms with Gasteiger partial charge in [0.05, 0.1) is 24.6 Å². The number of hydrogen-bond acceptors (Lipinski definition) is 7. The second-order valence-corrected chi connectivity index (χ2v) is 11.9. The molecule has 6 rings (SSSR count). The molecule has 1 N–H and O–H groups in total.